The second-order valence-electron chi connectivity index (χ2n) is 7.03. The molecule has 2 aromatic rings. The van der Waals surface area contributed by atoms with Crippen molar-refractivity contribution in [1.82, 2.24) is 14.8 Å². The number of hydrogen-bond donors (Lipinski definition) is 1. The van der Waals surface area contributed by atoms with E-state index in [0.29, 0.717) is 6.04 Å². The smallest absolute Gasteiger partial charge is 0.121 e. The van der Waals surface area contributed by atoms with Crippen molar-refractivity contribution in [3.8, 4) is 5.75 Å². The van der Waals surface area contributed by atoms with Crippen LogP contribution in [0.3, 0.4) is 0 Å². The first-order chi connectivity index (χ1) is 12.7. The summed E-state index contributed by atoms with van der Waals surface area (Å²) < 4.78 is 5.36. The van der Waals surface area contributed by atoms with Crippen LogP contribution >= 0.6 is 0 Å². The quantitative estimate of drug-likeness (QED) is 0.827. The van der Waals surface area contributed by atoms with E-state index in [9.17, 15) is 5.11 Å². The second-order valence-corrected chi connectivity index (χ2v) is 7.03. The van der Waals surface area contributed by atoms with Crippen LogP contribution in [0.1, 0.15) is 23.1 Å². The minimum Gasteiger partial charge on any atom is -0.496 e. The van der Waals surface area contributed by atoms with Gasteiger partial charge in [0.2, 0.25) is 0 Å². The number of methoxy groups -OCH3 is 1. The standard InChI is InChI=1S/C21H29N3O2/c1-17-13-19(3-4-21(17)26-2)15-24-11-10-23(16-20(24)7-12-25)14-18-5-8-22-9-6-18/h3-6,8-9,13,20,25H,7,10-12,14-16H2,1-2H3/t20-/m0/s1. The average Bonchev–Trinajstić information content (AvgIpc) is 2.65. The third-order valence-corrected chi connectivity index (χ3v) is 5.15. The van der Waals surface area contributed by atoms with Gasteiger partial charge in [0.15, 0.2) is 0 Å². The maximum Gasteiger partial charge on any atom is 0.121 e. The molecule has 140 valence electrons. The molecule has 0 radical (unpaired) electrons. The first-order valence-electron chi connectivity index (χ1n) is 9.29. The fourth-order valence-corrected chi connectivity index (χ4v) is 3.75. The highest BCUT2D eigenvalue weighted by molar-refractivity contribution is 5.36. The molecule has 1 aliphatic rings. The van der Waals surface area contributed by atoms with E-state index in [1.165, 1.54) is 16.7 Å². The normalized spacial score (nSPS) is 18.8. The van der Waals surface area contributed by atoms with Crippen LogP contribution in [0, 0.1) is 6.92 Å². The van der Waals surface area contributed by atoms with Gasteiger partial charge < -0.3 is 9.84 Å². The lowest BCUT2D eigenvalue weighted by Gasteiger charge is -2.41. The zero-order valence-electron chi connectivity index (χ0n) is 15.8. The average molecular weight is 355 g/mol. The minimum atomic E-state index is 0.228. The number of pyridine rings is 1. The van der Waals surface area contributed by atoms with Crippen LogP contribution in [-0.2, 0) is 13.1 Å². The first kappa shape index (κ1) is 18.8. The summed E-state index contributed by atoms with van der Waals surface area (Å²) in [6, 6.07) is 10.9. The van der Waals surface area contributed by atoms with Crippen molar-refractivity contribution >= 4 is 0 Å². The van der Waals surface area contributed by atoms with Gasteiger partial charge in [0.05, 0.1) is 7.11 Å². The van der Waals surface area contributed by atoms with Gasteiger partial charge in [-0.2, -0.15) is 0 Å². The Morgan fingerprint density at radius 2 is 1.92 bits per heavy atom. The topological polar surface area (TPSA) is 48.8 Å². The summed E-state index contributed by atoms with van der Waals surface area (Å²) in [5.41, 5.74) is 3.76. The van der Waals surface area contributed by atoms with Crippen LogP contribution in [-0.4, -0.2) is 59.3 Å². The lowest BCUT2D eigenvalue weighted by molar-refractivity contribution is 0.0499. The molecule has 1 saturated heterocycles. The molecule has 5 heteroatoms. The van der Waals surface area contributed by atoms with Crippen molar-refractivity contribution in [2.75, 3.05) is 33.4 Å². The third kappa shape index (κ3) is 4.81. The van der Waals surface area contributed by atoms with Gasteiger partial charge in [-0.05, 0) is 48.2 Å². The molecule has 0 spiro atoms. The lowest BCUT2D eigenvalue weighted by Crippen LogP contribution is -2.52. The number of aliphatic hydroxyl groups excluding tert-OH is 1. The van der Waals surface area contributed by atoms with Crippen molar-refractivity contribution in [2.24, 2.45) is 0 Å². The highest BCUT2D eigenvalue weighted by atomic mass is 16.5. The van der Waals surface area contributed by atoms with Crippen molar-refractivity contribution in [3.63, 3.8) is 0 Å². The number of piperazine rings is 1. The number of ether oxygens (including phenoxy) is 1. The molecule has 3 rings (SSSR count). The van der Waals surface area contributed by atoms with Crippen LogP contribution < -0.4 is 4.74 Å². The molecule has 26 heavy (non-hydrogen) atoms. The van der Waals surface area contributed by atoms with Crippen LogP contribution in [0.5, 0.6) is 5.75 Å². The van der Waals surface area contributed by atoms with Crippen LogP contribution in [0.2, 0.25) is 0 Å². The van der Waals surface area contributed by atoms with E-state index < -0.39 is 0 Å². The Hall–Kier alpha value is -1.95. The van der Waals surface area contributed by atoms with E-state index in [1.807, 2.05) is 18.5 Å². The Bertz CT molecular complexity index is 693. The zero-order valence-corrected chi connectivity index (χ0v) is 15.8. The van der Waals surface area contributed by atoms with Gasteiger partial charge in [-0.25, -0.2) is 0 Å². The number of benzene rings is 1. The number of hydrogen-bond acceptors (Lipinski definition) is 5. The maximum absolute atomic E-state index is 9.52. The summed E-state index contributed by atoms with van der Waals surface area (Å²) in [5, 5.41) is 9.52. The van der Waals surface area contributed by atoms with E-state index in [0.717, 1.165) is 44.9 Å². The van der Waals surface area contributed by atoms with E-state index in [4.69, 9.17) is 4.74 Å². The third-order valence-electron chi connectivity index (χ3n) is 5.15. The Morgan fingerprint density at radius 1 is 1.12 bits per heavy atom. The molecular weight excluding hydrogens is 326 g/mol. The highest BCUT2D eigenvalue weighted by Crippen LogP contribution is 2.22. The Balaban J connectivity index is 1.63. The molecule has 0 aliphatic carbocycles. The van der Waals surface area contributed by atoms with E-state index in [-0.39, 0.29) is 6.61 Å². The largest absolute Gasteiger partial charge is 0.496 e. The van der Waals surface area contributed by atoms with Crippen LogP contribution in [0.15, 0.2) is 42.7 Å². The number of nitrogens with zero attached hydrogens (tertiary/aromatic N) is 3. The molecule has 1 aromatic heterocycles. The molecule has 2 heterocycles. The molecule has 1 aliphatic heterocycles. The zero-order chi connectivity index (χ0) is 18.4. The van der Waals surface area contributed by atoms with Gasteiger partial charge in [0, 0.05) is 57.8 Å². The molecule has 1 atom stereocenters. The predicted molar refractivity (Wildman–Crippen MR) is 103 cm³/mol. The fourth-order valence-electron chi connectivity index (χ4n) is 3.75. The van der Waals surface area contributed by atoms with Crippen molar-refractivity contribution < 1.29 is 9.84 Å². The van der Waals surface area contributed by atoms with Gasteiger partial charge in [-0.3, -0.25) is 14.8 Å². The summed E-state index contributed by atoms with van der Waals surface area (Å²) in [5.74, 6) is 0.933. The molecular formula is C21H29N3O2. The van der Waals surface area contributed by atoms with E-state index in [2.05, 4.69) is 46.0 Å². The number of aromatic nitrogens is 1. The molecule has 0 unspecified atom stereocenters. The number of aliphatic hydroxyl groups is 1. The Labute approximate surface area is 156 Å². The van der Waals surface area contributed by atoms with Gasteiger partial charge in [0.1, 0.15) is 5.75 Å². The van der Waals surface area contributed by atoms with Crippen LogP contribution in [0.4, 0.5) is 0 Å². The highest BCUT2D eigenvalue weighted by Gasteiger charge is 2.26. The summed E-state index contributed by atoms with van der Waals surface area (Å²) in [7, 11) is 1.71. The van der Waals surface area contributed by atoms with Crippen LogP contribution in [0.25, 0.3) is 0 Å². The van der Waals surface area contributed by atoms with Crippen molar-refractivity contribution in [2.45, 2.75) is 32.5 Å². The second kappa shape index (κ2) is 9.12. The molecule has 1 fully saturated rings. The molecule has 1 N–H and O–H groups in total. The Kier molecular flexibility index (Phi) is 6.61. The molecule has 5 nitrogen and oxygen atoms in total. The molecule has 0 saturated carbocycles. The first-order valence-corrected chi connectivity index (χ1v) is 9.29. The Morgan fingerprint density at radius 3 is 2.62 bits per heavy atom. The van der Waals surface area contributed by atoms with Crippen molar-refractivity contribution in [3.05, 3.63) is 59.4 Å². The molecule has 0 bridgehead atoms. The summed E-state index contributed by atoms with van der Waals surface area (Å²) >= 11 is 0. The van der Waals surface area contributed by atoms with Crippen molar-refractivity contribution in [1.29, 1.82) is 0 Å². The molecule has 0 amide bonds. The van der Waals surface area contributed by atoms with Gasteiger partial charge >= 0.3 is 0 Å². The van der Waals surface area contributed by atoms with Gasteiger partial charge in [0.25, 0.3) is 0 Å². The number of rotatable bonds is 7. The van der Waals surface area contributed by atoms with E-state index >= 15 is 0 Å². The van der Waals surface area contributed by atoms with E-state index in [1.54, 1.807) is 7.11 Å². The fraction of sp³-hybridized carbons (Fsp3) is 0.476. The minimum absolute atomic E-state index is 0.228. The van der Waals surface area contributed by atoms with Gasteiger partial charge in [-0.1, -0.05) is 12.1 Å². The number of aryl methyl sites for hydroxylation is 1. The maximum atomic E-state index is 9.52. The summed E-state index contributed by atoms with van der Waals surface area (Å²) in [6.07, 6.45) is 4.51. The summed E-state index contributed by atoms with van der Waals surface area (Å²) in [6.45, 7) is 7.21. The lowest BCUT2D eigenvalue weighted by atomic mass is 10.0. The predicted octanol–water partition coefficient (Wildman–Crippen LogP) is 2.47. The monoisotopic (exact) mass is 355 g/mol. The van der Waals surface area contributed by atoms with Gasteiger partial charge in [-0.15, -0.1) is 0 Å². The SMILES string of the molecule is COc1ccc(CN2CCN(Cc3ccncc3)C[C@@H]2CCO)cc1C. The molecule has 1 aromatic carbocycles. The summed E-state index contributed by atoms with van der Waals surface area (Å²) in [4.78, 5) is 9.07.